The minimum absolute atomic E-state index is 0.121. The Labute approximate surface area is 148 Å². The van der Waals surface area contributed by atoms with Crippen molar-refractivity contribution in [3.8, 4) is 0 Å². The predicted octanol–water partition coefficient (Wildman–Crippen LogP) is 2.94. The first-order chi connectivity index (χ1) is 12.1. The number of fused-ring (bicyclic) bond motifs is 2. The summed E-state index contributed by atoms with van der Waals surface area (Å²) in [7, 11) is 0. The highest BCUT2D eigenvalue weighted by atomic mass is 19.1. The van der Waals surface area contributed by atoms with Crippen LogP contribution in [0, 0.1) is 23.6 Å². The van der Waals surface area contributed by atoms with Gasteiger partial charge in [-0.25, -0.2) is 4.39 Å². The zero-order chi connectivity index (χ0) is 17.4. The minimum Gasteiger partial charge on any atom is -0.341 e. The van der Waals surface area contributed by atoms with E-state index in [4.69, 9.17) is 0 Å². The lowest BCUT2D eigenvalue weighted by Crippen LogP contribution is -2.41. The van der Waals surface area contributed by atoms with Crippen LogP contribution < -0.4 is 0 Å². The molecule has 134 valence electrons. The average Bonchev–Trinajstić information content (AvgIpc) is 3.17. The lowest BCUT2D eigenvalue weighted by molar-refractivity contribution is -0.137. The van der Waals surface area contributed by atoms with Gasteiger partial charge in [0.05, 0.1) is 5.56 Å². The third-order valence-corrected chi connectivity index (χ3v) is 6.25. The summed E-state index contributed by atoms with van der Waals surface area (Å²) in [5.41, 5.74) is 0.121. The standard InChI is InChI=1S/C20H25FN2O2/c21-18-5-2-1-4-16(18)19(24)22-8-3-9-23(11-10-22)20(25)17-13-14-6-7-15(17)12-14/h1-2,4-5,14-15,17H,3,6-13H2. The summed E-state index contributed by atoms with van der Waals surface area (Å²) >= 11 is 0. The van der Waals surface area contributed by atoms with Crippen LogP contribution in [0.5, 0.6) is 0 Å². The molecule has 2 bridgehead atoms. The number of nitrogens with zero attached hydrogens (tertiary/aromatic N) is 2. The Morgan fingerprint density at radius 1 is 0.960 bits per heavy atom. The number of rotatable bonds is 2. The van der Waals surface area contributed by atoms with Crippen molar-refractivity contribution >= 4 is 11.8 Å². The van der Waals surface area contributed by atoms with Crippen LogP contribution in [-0.4, -0.2) is 47.8 Å². The molecule has 3 aliphatic rings. The molecular weight excluding hydrogens is 319 g/mol. The fraction of sp³-hybridized carbons (Fsp3) is 0.600. The minimum atomic E-state index is -0.480. The van der Waals surface area contributed by atoms with Crippen molar-refractivity contribution in [3.63, 3.8) is 0 Å². The van der Waals surface area contributed by atoms with Gasteiger partial charge in [0.1, 0.15) is 5.82 Å². The molecule has 3 unspecified atom stereocenters. The quantitative estimate of drug-likeness (QED) is 0.828. The van der Waals surface area contributed by atoms with Gasteiger partial charge in [-0.2, -0.15) is 0 Å². The van der Waals surface area contributed by atoms with Crippen molar-refractivity contribution in [3.05, 3.63) is 35.6 Å². The molecule has 0 radical (unpaired) electrons. The molecule has 4 rings (SSSR count). The SMILES string of the molecule is O=C(c1ccccc1F)N1CCCN(C(=O)C2CC3CCC2C3)CC1. The summed E-state index contributed by atoms with van der Waals surface area (Å²) in [4.78, 5) is 29.1. The molecule has 1 aromatic rings. The summed E-state index contributed by atoms with van der Waals surface area (Å²) in [5, 5.41) is 0. The van der Waals surface area contributed by atoms with E-state index in [2.05, 4.69) is 0 Å². The molecule has 3 fully saturated rings. The summed E-state index contributed by atoms with van der Waals surface area (Å²) in [5.74, 6) is 1.07. The van der Waals surface area contributed by atoms with E-state index in [1.807, 2.05) is 4.90 Å². The van der Waals surface area contributed by atoms with Crippen LogP contribution in [0.3, 0.4) is 0 Å². The Kier molecular flexibility index (Phi) is 4.48. The molecule has 1 aromatic carbocycles. The molecule has 0 aromatic heterocycles. The van der Waals surface area contributed by atoms with Crippen molar-refractivity contribution in [2.45, 2.75) is 32.1 Å². The molecule has 1 heterocycles. The van der Waals surface area contributed by atoms with Crippen LogP contribution in [0.1, 0.15) is 42.5 Å². The fourth-order valence-electron chi connectivity index (χ4n) is 4.93. The topological polar surface area (TPSA) is 40.6 Å². The second-order valence-corrected chi connectivity index (χ2v) is 7.73. The van der Waals surface area contributed by atoms with Gasteiger partial charge >= 0.3 is 0 Å². The third kappa shape index (κ3) is 3.16. The Balaban J connectivity index is 1.39. The first-order valence-corrected chi connectivity index (χ1v) is 9.46. The van der Waals surface area contributed by atoms with Crippen LogP contribution >= 0.6 is 0 Å². The molecule has 1 saturated heterocycles. The van der Waals surface area contributed by atoms with Crippen LogP contribution in [0.15, 0.2) is 24.3 Å². The highest BCUT2D eigenvalue weighted by Crippen LogP contribution is 2.48. The second kappa shape index (κ2) is 6.77. The van der Waals surface area contributed by atoms with Gasteiger partial charge in [-0.15, -0.1) is 0 Å². The normalized spacial score (nSPS) is 28.9. The van der Waals surface area contributed by atoms with E-state index < -0.39 is 5.82 Å². The fourth-order valence-corrected chi connectivity index (χ4v) is 4.93. The zero-order valence-corrected chi connectivity index (χ0v) is 14.5. The molecule has 0 spiro atoms. The van der Waals surface area contributed by atoms with Gasteiger partial charge in [0, 0.05) is 32.1 Å². The highest BCUT2D eigenvalue weighted by molar-refractivity contribution is 5.94. The number of hydrogen-bond donors (Lipinski definition) is 0. The number of hydrogen-bond acceptors (Lipinski definition) is 2. The van der Waals surface area contributed by atoms with Gasteiger partial charge in [-0.05, 0) is 49.7 Å². The molecule has 4 nitrogen and oxygen atoms in total. The Morgan fingerprint density at radius 2 is 1.72 bits per heavy atom. The van der Waals surface area contributed by atoms with E-state index >= 15 is 0 Å². The third-order valence-electron chi connectivity index (χ3n) is 6.25. The van der Waals surface area contributed by atoms with Gasteiger partial charge in [0.25, 0.3) is 5.91 Å². The summed E-state index contributed by atoms with van der Waals surface area (Å²) in [6.45, 7) is 2.33. The Bertz CT molecular complexity index is 677. The lowest BCUT2D eigenvalue weighted by atomic mass is 9.87. The molecular formula is C20H25FN2O2. The van der Waals surface area contributed by atoms with Gasteiger partial charge in [0.15, 0.2) is 0 Å². The zero-order valence-electron chi connectivity index (χ0n) is 14.5. The maximum Gasteiger partial charge on any atom is 0.256 e. The van der Waals surface area contributed by atoms with Gasteiger partial charge in [-0.3, -0.25) is 9.59 Å². The van der Waals surface area contributed by atoms with Crippen LogP contribution in [0.2, 0.25) is 0 Å². The molecule has 5 heteroatoms. The average molecular weight is 344 g/mol. The van der Waals surface area contributed by atoms with Crippen LogP contribution in [0.25, 0.3) is 0 Å². The highest BCUT2D eigenvalue weighted by Gasteiger charge is 2.44. The number of carbonyl (C=O) groups is 2. The van der Waals surface area contributed by atoms with Crippen molar-refractivity contribution < 1.29 is 14.0 Å². The van der Waals surface area contributed by atoms with E-state index in [0.29, 0.717) is 32.1 Å². The number of amides is 2. The maximum atomic E-state index is 13.9. The monoisotopic (exact) mass is 344 g/mol. The first-order valence-electron chi connectivity index (χ1n) is 9.46. The first kappa shape index (κ1) is 16.6. The molecule has 2 aliphatic carbocycles. The molecule has 0 N–H and O–H groups in total. The molecule has 2 saturated carbocycles. The van der Waals surface area contributed by atoms with Crippen molar-refractivity contribution in [2.75, 3.05) is 26.2 Å². The summed E-state index contributed by atoms with van der Waals surface area (Å²) < 4.78 is 13.9. The van der Waals surface area contributed by atoms with Gasteiger partial charge in [-0.1, -0.05) is 18.6 Å². The second-order valence-electron chi connectivity index (χ2n) is 7.73. The van der Waals surface area contributed by atoms with Crippen molar-refractivity contribution in [1.29, 1.82) is 0 Å². The number of benzene rings is 1. The van der Waals surface area contributed by atoms with E-state index in [1.165, 1.54) is 31.4 Å². The van der Waals surface area contributed by atoms with E-state index in [-0.39, 0.29) is 23.3 Å². The Morgan fingerprint density at radius 3 is 2.44 bits per heavy atom. The van der Waals surface area contributed by atoms with E-state index in [9.17, 15) is 14.0 Å². The predicted molar refractivity (Wildman–Crippen MR) is 92.4 cm³/mol. The molecule has 3 atom stereocenters. The maximum absolute atomic E-state index is 13.9. The molecule has 25 heavy (non-hydrogen) atoms. The number of halogens is 1. The smallest absolute Gasteiger partial charge is 0.256 e. The van der Waals surface area contributed by atoms with E-state index in [1.54, 1.807) is 17.0 Å². The number of carbonyl (C=O) groups excluding carboxylic acids is 2. The molecule has 1 aliphatic heterocycles. The summed E-state index contributed by atoms with van der Waals surface area (Å²) in [6, 6.07) is 6.11. The van der Waals surface area contributed by atoms with Gasteiger partial charge < -0.3 is 9.80 Å². The van der Waals surface area contributed by atoms with Crippen LogP contribution in [-0.2, 0) is 4.79 Å². The summed E-state index contributed by atoms with van der Waals surface area (Å²) in [6.07, 6.45) is 5.53. The molecule has 2 amide bonds. The van der Waals surface area contributed by atoms with Gasteiger partial charge in [0.2, 0.25) is 5.91 Å². The Hall–Kier alpha value is -1.91. The largest absolute Gasteiger partial charge is 0.341 e. The lowest BCUT2D eigenvalue weighted by Gasteiger charge is -2.28. The van der Waals surface area contributed by atoms with Crippen molar-refractivity contribution in [1.82, 2.24) is 9.80 Å². The van der Waals surface area contributed by atoms with Crippen molar-refractivity contribution in [2.24, 2.45) is 17.8 Å². The van der Waals surface area contributed by atoms with Crippen LogP contribution in [0.4, 0.5) is 4.39 Å². The van der Waals surface area contributed by atoms with E-state index in [0.717, 1.165) is 18.8 Å².